The minimum absolute atomic E-state index is 0.241. The molecule has 1 aromatic heterocycles. The molecule has 1 aliphatic carbocycles. The molecule has 1 aliphatic rings. The highest BCUT2D eigenvalue weighted by molar-refractivity contribution is 5.87. The van der Waals surface area contributed by atoms with Crippen LogP contribution < -0.4 is 5.32 Å². The van der Waals surface area contributed by atoms with Gasteiger partial charge in [0.1, 0.15) is 0 Å². The third-order valence-electron chi connectivity index (χ3n) is 4.28. The average molecular weight is 276 g/mol. The van der Waals surface area contributed by atoms with Gasteiger partial charge in [-0.05, 0) is 37.8 Å². The molecule has 2 rings (SSSR count). The van der Waals surface area contributed by atoms with Gasteiger partial charge >= 0.3 is 5.97 Å². The standard InChI is InChI=1S/C16H24N2O2/c1-12(13-6-4-2-3-5-7-13)17-11-15-9-8-14(10-18-15)16(19)20/h8-10,12-13,17H,2-7,11H2,1H3,(H,19,20)/t12-/m0/s1. The minimum Gasteiger partial charge on any atom is -0.478 e. The van der Waals surface area contributed by atoms with Crippen molar-refractivity contribution in [2.24, 2.45) is 5.92 Å². The molecule has 0 saturated heterocycles. The van der Waals surface area contributed by atoms with Gasteiger partial charge in [0.15, 0.2) is 0 Å². The van der Waals surface area contributed by atoms with Gasteiger partial charge < -0.3 is 10.4 Å². The van der Waals surface area contributed by atoms with E-state index in [2.05, 4.69) is 17.2 Å². The van der Waals surface area contributed by atoms with E-state index in [4.69, 9.17) is 5.11 Å². The number of pyridine rings is 1. The average Bonchev–Trinajstić information content (AvgIpc) is 2.74. The number of hydrogen-bond donors (Lipinski definition) is 2. The quantitative estimate of drug-likeness (QED) is 0.811. The lowest BCUT2D eigenvalue weighted by atomic mass is 9.93. The summed E-state index contributed by atoms with van der Waals surface area (Å²) in [5.74, 6) is -0.167. The first-order valence-corrected chi connectivity index (χ1v) is 7.58. The lowest BCUT2D eigenvalue weighted by molar-refractivity contribution is 0.0696. The molecule has 0 radical (unpaired) electrons. The second kappa shape index (κ2) is 7.39. The maximum atomic E-state index is 10.8. The number of carboxylic acids is 1. The fourth-order valence-electron chi connectivity index (χ4n) is 2.90. The number of aromatic nitrogens is 1. The van der Waals surface area contributed by atoms with E-state index in [-0.39, 0.29) is 5.56 Å². The number of hydrogen-bond acceptors (Lipinski definition) is 3. The Morgan fingerprint density at radius 1 is 1.35 bits per heavy atom. The topological polar surface area (TPSA) is 62.2 Å². The van der Waals surface area contributed by atoms with Gasteiger partial charge in [-0.3, -0.25) is 4.98 Å². The Balaban J connectivity index is 1.82. The molecule has 2 N–H and O–H groups in total. The SMILES string of the molecule is C[C@H](NCc1ccc(C(=O)O)cn1)C1CCCCCC1. The van der Waals surface area contributed by atoms with Crippen molar-refractivity contribution in [3.8, 4) is 0 Å². The summed E-state index contributed by atoms with van der Waals surface area (Å²) in [5.41, 5.74) is 1.14. The Bertz CT molecular complexity index is 423. The molecule has 4 heteroatoms. The zero-order valence-electron chi connectivity index (χ0n) is 12.1. The van der Waals surface area contributed by atoms with Crippen molar-refractivity contribution in [3.63, 3.8) is 0 Å². The molecule has 1 fully saturated rings. The number of rotatable bonds is 5. The van der Waals surface area contributed by atoms with Crippen molar-refractivity contribution < 1.29 is 9.90 Å². The number of carboxylic acid groups (broad SMARTS) is 1. The fourth-order valence-corrected chi connectivity index (χ4v) is 2.90. The van der Waals surface area contributed by atoms with Crippen LogP contribution in [0.25, 0.3) is 0 Å². The lowest BCUT2D eigenvalue weighted by Gasteiger charge is -2.23. The highest BCUT2D eigenvalue weighted by atomic mass is 16.4. The van der Waals surface area contributed by atoms with Gasteiger partial charge in [-0.25, -0.2) is 4.79 Å². The first-order valence-electron chi connectivity index (χ1n) is 7.58. The molecule has 0 aliphatic heterocycles. The molecule has 4 nitrogen and oxygen atoms in total. The van der Waals surface area contributed by atoms with Crippen LogP contribution in [0.15, 0.2) is 18.3 Å². The van der Waals surface area contributed by atoms with Crippen LogP contribution in [0.4, 0.5) is 0 Å². The second-order valence-corrected chi connectivity index (χ2v) is 5.76. The van der Waals surface area contributed by atoms with Crippen LogP contribution in [-0.2, 0) is 6.54 Å². The van der Waals surface area contributed by atoms with E-state index in [9.17, 15) is 4.79 Å². The predicted molar refractivity (Wildman–Crippen MR) is 78.7 cm³/mol. The second-order valence-electron chi connectivity index (χ2n) is 5.76. The summed E-state index contributed by atoms with van der Waals surface area (Å²) >= 11 is 0. The first kappa shape index (κ1) is 15.0. The van der Waals surface area contributed by atoms with Crippen molar-refractivity contribution in [3.05, 3.63) is 29.6 Å². The fraction of sp³-hybridized carbons (Fsp3) is 0.625. The number of nitrogens with one attached hydrogen (secondary N) is 1. The highest BCUT2D eigenvalue weighted by Gasteiger charge is 2.18. The molecule has 1 saturated carbocycles. The van der Waals surface area contributed by atoms with Crippen molar-refractivity contribution in [2.45, 2.75) is 58.0 Å². The Hall–Kier alpha value is -1.42. The van der Waals surface area contributed by atoms with Gasteiger partial charge in [0.25, 0.3) is 0 Å². The van der Waals surface area contributed by atoms with Crippen LogP contribution in [0, 0.1) is 5.92 Å². The lowest BCUT2D eigenvalue weighted by Crippen LogP contribution is -2.33. The monoisotopic (exact) mass is 276 g/mol. The van der Waals surface area contributed by atoms with E-state index >= 15 is 0 Å². The zero-order chi connectivity index (χ0) is 14.4. The van der Waals surface area contributed by atoms with Crippen LogP contribution in [0.5, 0.6) is 0 Å². The largest absolute Gasteiger partial charge is 0.478 e. The first-order chi connectivity index (χ1) is 9.66. The van der Waals surface area contributed by atoms with E-state index < -0.39 is 5.97 Å². The van der Waals surface area contributed by atoms with E-state index in [1.54, 1.807) is 12.1 Å². The molecule has 0 bridgehead atoms. The third kappa shape index (κ3) is 4.30. The van der Waals surface area contributed by atoms with Crippen molar-refractivity contribution in [2.75, 3.05) is 0 Å². The molecular formula is C16H24N2O2. The zero-order valence-corrected chi connectivity index (χ0v) is 12.1. The normalized spacial score (nSPS) is 18.4. The molecular weight excluding hydrogens is 252 g/mol. The Morgan fingerprint density at radius 3 is 2.60 bits per heavy atom. The third-order valence-corrected chi connectivity index (χ3v) is 4.28. The number of nitrogens with zero attached hydrogens (tertiary/aromatic N) is 1. The summed E-state index contributed by atoms with van der Waals surface area (Å²) in [6.45, 7) is 2.96. The molecule has 20 heavy (non-hydrogen) atoms. The maximum Gasteiger partial charge on any atom is 0.337 e. The van der Waals surface area contributed by atoms with Crippen LogP contribution in [0.3, 0.4) is 0 Å². The summed E-state index contributed by atoms with van der Waals surface area (Å²) < 4.78 is 0. The molecule has 1 atom stereocenters. The van der Waals surface area contributed by atoms with Crippen molar-refractivity contribution >= 4 is 5.97 Å². The van der Waals surface area contributed by atoms with Crippen LogP contribution in [-0.4, -0.2) is 22.1 Å². The predicted octanol–water partition coefficient (Wildman–Crippen LogP) is 3.23. The Morgan fingerprint density at radius 2 is 2.05 bits per heavy atom. The Labute approximate surface area is 120 Å². The number of aromatic carboxylic acids is 1. The van der Waals surface area contributed by atoms with Crippen LogP contribution in [0.2, 0.25) is 0 Å². The van der Waals surface area contributed by atoms with Crippen LogP contribution >= 0.6 is 0 Å². The van der Waals surface area contributed by atoms with E-state index in [0.717, 1.165) is 11.6 Å². The molecule has 1 heterocycles. The van der Waals surface area contributed by atoms with Crippen molar-refractivity contribution in [1.29, 1.82) is 0 Å². The van der Waals surface area contributed by atoms with Gasteiger partial charge in [-0.2, -0.15) is 0 Å². The van der Waals surface area contributed by atoms with Crippen LogP contribution in [0.1, 0.15) is 61.5 Å². The van der Waals surface area contributed by atoms with Gasteiger partial charge in [0.05, 0.1) is 11.3 Å². The van der Waals surface area contributed by atoms with E-state index in [1.165, 1.54) is 44.7 Å². The minimum atomic E-state index is -0.927. The molecule has 1 aromatic rings. The summed E-state index contributed by atoms with van der Waals surface area (Å²) in [5, 5.41) is 12.4. The van der Waals surface area contributed by atoms with E-state index in [0.29, 0.717) is 12.6 Å². The summed E-state index contributed by atoms with van der Waals surface area (Å²) in [7, 11) is 0. The summed E-state index contributed by atoms with van der Waals surface area (Å²) in [4.78, 5) is 15.0. The Kier molecular flexibility index (Phi) is 5.53. The van der Waals surface area contributed by atoms with Gasteiger partial charge in [0.2, 0.25) is 0 Å². The molecule has 0 spiro atoms. The van der Waals surface area contributed by atoms with Gasteiger partial charge in [-0.15, -0.1) is 0 Å². The summed E-state index contributed by atoms with van der Waals surface area (Å²) in [6, 6.07) is 3.90. The molecule has 0 unspecified atom stereocenters. The van der Waals surface area contributed by atoms with Crippen molar-refractivity contribution in [1.82, 2.24) is 10.3 Å². The number of carbonyl (C=O) groups is 1. The maximum absolute atomic E-state index is 10.8. The van der Waals surface area contributed by atoms with Gasteiger partial charge in [0, 0.05) is 18.8 Å². The highest BCUT2D eigenvalue weighted by Crippen LogP contribution is 2.25. The molecule has 0 amide bonds. The summed E-state index contributed by atoms with van der Waals surface area (Å²) in [6.07, 6.45) is 9.52. The molecule has 110 valence electrons. The van der Waals surface area contributed by atoms with E-state index in [1.807, 2.05) is 0 Å². The smallest absolute Gasteiger partial charge is 0.337 e. The van der Waals surface area contributed by atoms with Gasteiger partial charge in [-0.1, -0.05) is 25.7 Å². The molecule has 0 aromatic carbocycles.